The van der Waals surface area contributed by atoms with Crippen molar-refractivity contribution in [2.24, 2.45) is 17.4 Å². The summed E-state index contributed by atoms with van der Waals surface area (Å²) in [6, 6.07) is 3.12. The van der Waals surface area contributed by atoms with Gasteiger partial charge in [-0.2, -0.15) is 13.2 Å². The molecule has 0 saturated carbocycles. The molecule has 2 unspecified atom stereocenters. The van der Waals surface area contributed by atoms with E-state index in [1.54, 1.807) is 11.9 Å². The van der Waals surface area contributed by atoms with Crippen LogP contribution in [0, 0.1) is 0 Å². The van der Waals surface area contributed by atoms with Crippen LogP contribution < -0.4 is 22.7 Å². The number of likely N-dealkylation sites (tertiary alicyclic amines) is 1. The summed E-state index contributed by atoms with van der Waals surface area (Å²) in [5.74, 6) is 4.25. The number of likely N-dealkylation sites (N-methyl/N-ethyl adjacent to an activating group) is 1. The standard InChI is InChI=1S/C21H31F3N6O4/c1-20(26)9-15(29(20)2)19(32)30-7-8-33-11-14(30)10-28-18(31)13-5-3-12(4-6-13)16(25)17(34-27)21(22,23)24/h3-6,14-17H,7-11,25-27H2,1-2H3,(H,28,31)/t14-,15?,16-,17?,20-/m0/s1. The normalized spacial score (nSPS) is 27.6. The van der Waals surface area contributed by atoms with E-state index >= 15 is 0 Å². The van der Waals surface area contributed by atoms with Crippen LogP contribution in [-0.4, -0.2) is 85.0 Å². The minimum Gasteiger partial charge on any atom is -0.377 e. The molecular weight excluding hydrogens is 457 g/mol. The number of benzene rings is 1. The molecule has 10 nitrogen and oxygen atoms in total. The van der Waals surface area contributed by atoms with E-state index in [4.69, 9.17) is 22.1 Å². The van der Waals surface area contributed by atoms with Gasteiger partial charge in [0.25, 0.3) is 5.91 Å². The second-order valence-electron chi connectivity index (χ2n) is 8.90. The van der Waals surface area contributed by atoms with Gasteiger partial charge in [-0.25, -0.2) is 5.90 Å². The molecule has 2 fully saturated rings. The number of rotatable bonds is 7. The molecule has 0 aliphatic carbocycles. The first-order valence-electron chi connectivity index (χ1n) is 10.8. The molecule has 3 rings (SSSR count). The molecule has 5 atom stereocenters. The van der Waals surface area contributed by atoms with Crippen LogP contribution >= 0.6 is 0 Å². The lowest BCUT2D eigenvalue weighted by Gasteiger charge is -2.53. The van der Waals surface area contributed by atoms with Gasteiger partial charge in [-0.15, -0.1) is 0 Å². The smallest absolute Gasteiger partial charge is 0.377 e. The predicted molar refractivity (Wildman–Crippen MR) is 116 cm³/mol. The Morgan fingerprint density at radius 3 is 2.50 bits per heavy atom. The van der Waals surface area contributed by atoms with Gasteiger partial charge in [0, 0.05) is 25.1 Å². The van der Waals surface area contributed by atoms with Gasteiger partial charge in [0.05, 0.1) is 37.0 Å². The van der Waals surface area contributed by atoms with E-state index in [2.05, 4.69) is 10.2 Å². The Balaban J connectivity index is 1.59. The van der Waals surface area contributed by atoms with Crippen molar-refractivity contribution >= 4 is 11.8 Å². The van der Waals surface area contributed by atoms with Crippen LogP contribution in [0.1, 0.15) is 35.3 Å². The number of hydrogen-bond donors (Lipinski definition) is 4. The van der Waals surface area contributed by atoms with Gasteiger partial charge in [-0.1, -0.05) is 12.1 Å². The molecule has 7 N–H and O–H groups in total. The third-order valence-electron chi connectivity index (χ3n) is 6.53. The Morgan fingerprint density at radius 2 is 1.97 bits per heavy atom. The number of hydrogen-bond acceptors (Lipinski definition) is 8. The zero-order valence-electron chi connectivity index (χ0n) is 19.0. The number of nitrogens with zero attached hydrogens (tertiary/aromatic N) is 2. The monoisotopic (exact) mass is 488 g/mol. The first-order valence-corrected chi connectivity index (χ1v) is 10.8. The van der Waals surface area contributed by atoms with E-state index in [9.17, 15) is 22.8 Å². The number of nitrogens with two attached hydrogens (primary N) is 3. The Bertz CT molecular complexity index is 882. The molecule has 0 bridgehead atoms. The molecule has 1 aromatic rings. The highest BCUT2D eigenvalue weighted by molar-refractivity contribution is 5.94. The van der Waals surface area contributed by atoms with Gasteiger partial charge >= 0.3 is 6.18 Å². The number of ether oxygens (including phenoxy) is 1. The van der Waals surface area contributed by atoms with Gasteiger partial charge in [0.1, 0.15) is 0 Å². The van der Waals surface area contributed by atoms with Gasteiger partial charge in [-0.05, 0) is 31.7 Å². The van der Waals surface area contributed by atoms with Crippen molar-refractivity contribution in [1.82, 2.24) is 15.1 Å². The van der Waals surface area contributed by atoms with E-state index in [-0.39, 0.29) is 42.3 Å². The number of morpholine rings is 1. The Hall–Kier alpha value is -2.29. The van der Waals surface area contributed by atoms with Crippen molar-refractivity contribution in [3.8, 4) is 0 Å². The highest BCUT2D eigenvalue weighted by Gasteiger charge is 2.49. The minimum absolute atomic E-state index is 0.0624. The lowest BCUT2D eigenvalue weighted by Crippen LogP contribution is -2.72. The van der Waals surface area contributed by atoms with Crippen LogP contribution in [0.25, 0.3) is 0 Å². The van der Waals surface area contributed by atoms with Crippen molar-refractivity contribution in [1.29, 1.82) is 0 Å². The van der Waals surface area contributed by atoms with E-state index in [0.29, 0.717) is 19.6 Å². The minimum atomic E-state index is -4.74. The van der Waals surface area contributed by atoms with E-state index < -0.39 is 29.9 Å². The maximum Gasteiger partial charge on any atom is 0.418 e. The SMILES string of the molecule is CN1C(C(=O)N2CCOC[C@@H]2CNC(=O)c2ccc([C@H](N)C(ON)C(F)(F)F)cc2)C[C@@]1(C)N. The molecular formula is C21H31F3N6O4. The largest absolute Gasteiger partial charge is 0.418 e. The van der Waals surface area contributed by atoms with Crippen LogP contribution in [-0.2, 0) is 14.4 Å². The van der Waals surface area contributed by atoms with Crippen LogP contribution in [0.15, 0.2) is 24.3 Å². The fourth-order valence-electron chi connectivity index (χ4n) is 4.18. The molecule has 2 heterocycles. The van der Waals surface area contributed by atoms with Crippen molar-refractivity contribution in [3.63, 3.8) is 0 Å². The number of alkyl halides is 3. The van der Waals surface area contributed by atoms with Gasteiger partial charge in [0.2, 0.25) is 5.91 Å². The third kappa shape index (κ3) is 5.50. The zero-order valence-corrected chi connectivity index (χ0v) is 19.0. The molecule has 2 amide bonds. The molecule has 0 spiro atoms. The quantitative estimate of drug-likeness (QED) is 0.387. The Labute approximate surface area is 195 Å². The predicted octanol–water partition coefficient (Wildman–Crippen LogP) is -0.156. The molecule has 190 valence electrons. The van der Waals surface area contributed by atoms with Crippen molar-refractivity contribution < 1.29 is 32.3 Å². The zero-order chi connectivity index (χ0) is 25.3. The number of carbonyl (C=O) groups excluding carboxylic acids is 2. The Morgan fingerprint density at radius 1 is 1.32 bits per heavy atom. The van der Waals surface area contributed by atoms with Crippen LogP contribution in [0.5, 0.6) is 0 Å². The summed E-state index contributed by atoms with van der Waals surface area (Å²) in [6.45, 7) is 3.09. The fraction of sp³-hybridized carbons (Fsp3) is 0.619. The lowest BCUT2D eigenvalue weighted by molar-refractivity contribution is -0.228. The third-order valence-corrected chi connectivity index (χ3v) is 6.53. The Kier molecular flexibility index (Phi) is 7.85. The second-order valence-corrected chi connectivity index (χ2v) is 8.90. The average Bonchev–Trinajstić information content (AvgIpc) is 2.80. The number of carbonyl (C=O) groups is 2. The van der Waals surface area contributed by atoms with E-state index in [0.717, 1.165) is 0 Å². The maximum atomic E-state index is 13.0. The summed E-state index contributed by atoms with van der Waals surface area (Å²) in [4.78, 5) is 33.1. The number of nitrogens with one attached hydrogen (secondary N) is 1. The number of halogens is 3. The van der Waals surface area contributed by atoms with Crippen molar-refractivity contribution in [2.45, 2.75) is 49.4 Å². The molecule has 2 aliphatic rings. The molecule has 2 aliphatic heterocycles. The molecule has 2 saturated heterocycles. The van der Waals surface area contributed by atoms with Crippen LogP contribution in [0.3, 0.4) is 0 Å². The van der Waals surface area contributed by atoms with E-state index in [1.165, 1.54) is 24.3 Å². The van der Waals surface area contributed by atoms with Gasteiger partial charge < -0.3 is 26.4 Å². The lowest BCUT2D eigenvalue weighted by atomic mass is 9.87. The highest BCUT2D eigenvalue weighted by Crippen LogP contribution is 2.32. The van der Waals surface area contributed by atoms with Gasteiger partial charge in [-0.3, -0.25) is 19.3 Å². The molecule has 1 aromatic carbocycles. The summed E-state index contributed by atoms with van der Waals surface area (Å²) in [7, 11) is 1.80. The highest BCUT2D eigenvalue weighted by atomic mass is 19.4. The first-order chi connectivity index (χ1) is 15.9. The topological polar surface area (TPSA) is 149 Å². The van der Waals surface area contributed by atoms with Crippen molar-refractivity contribution in [3.05, 3.63) is 35.4 Å². The summed E-state index contributed by atoms with van der Waals surface area (Å²) in [6.07, 6.45) is -6.58. The molecule has 13 heteroatoms. The van der Waals surface area contributed by atoms with Crippen LogP contribution in [0.2, 0.25) is 0 Å². The first kappa shape index (κ1) is 26.3. The number of amides is 2. The summed E-state index contributed by atoms with van der Waals surface area (Å²) >= 11 is 0. The van der Waals surface area contributed by atoms with Crippen molar-refractivity contribution in [2.75, 3.05) is 33.4 Å². The molecule has 0 aromatic heterocycles. The maximum absolute atomic E-state index is 13.0. The second kappa shape index (κ2) is 10.1. The summed E-state index contributed by atoms with van der Waals surface area (Å²) in [5.41, 5.74) is 11.5. The average molecular weight is 489 g/mol. The summed E-state index contributed by atoms with van der Waals surface area (Å²) < 4.78 is 44.4. The van der Waals surface area contributed by atoms with Crippen LogP contribution in [0.4, 0.5) is 13.2 Å². The molecule has 0 radical (unpaired) electrons. The van der Waals surface area contributed by atoms with E-state index in [1.807, 2.05) is 11.8 Å². The van der Waals surface area contributed by atoms with Gasteiger partial charge in [0.15, 0.2) is 6.10 Å². The molecule has 34 heavy (non-hydrogen) atoms. The fourth-order valence-corrected chi connectivity index (χ4v) is 4.18. The summed E-state index contributed by atoms with van der Waals surface area (Å²) in [5, 5.41) is 2.76.